The largest absolute Gasteiger partial charge is 0.373 e. The summed E-state index contributed by atoms with van der Waals surface area (Å²) in [4.78, 5) is 0. The van der Waals surface area contributed by atoms with Crippen LogP contribution in [0.3, 0.4) is 0 Å². The maximum absolute atomic E-state index is 11.5. The molecule has 1 saturated heterocycles. The molecule has 4 nitrogen and oxygen atoms in total. The topological polar surface area (TPSA) is 46.6 Å². The van der Waals surface area contributed by atoms with Gasteiger partial charge in [-0.1, -0.05) is 15.9 Å². The lowest BCUT2D eigenvalue weighted by molar-refractivity contribution is -0.0439. The Morgan fingerprint density at radius 3 is 2.23 bits per heavy atom. The number of nitrogens with zero attached hydrogens (tertiary/aromatic N) is 1. The molecule has 0 spiro atoms. The minimum atomic E-state index is -3.12. The Kier molecular flexibility index (Phi) is 3.73. The van der Waals surface area contributed by atoms with E-state index in [-0.39, 0.29) is 16.9 Å². The van der Waals surface area contributed by atoms with Crippen LogP contribution in [-0.4, -0.2) is 42.7 Å². The normalized spacial score (nSPS) is 31.9. The number of sulfonamides is 1. The van der Waals surface area contributed by atoms with Gasteiger partial charge in [0, 0.05) is 13.1 Å². The summed E-state index contributed by atoms with van der Waals surface area (Å²) in [5.74, 6) is 0. The lowest BCUT2D eigenvalue weighted by Gasteiger charge is -2.33. The summed E-state index contributed by atoms with van der Waals surface area (Å²) in [6.45, 7) is 4.68. The number of hydrogen-bond donors (Lipinski definition) is 0. The van der Waals surface area contributed by atoms with Crippen LogP contribution in [0.5, 0.6) is 0 Å². The van der Waals surface area contributed by atoms with Gasteiger partial charge in [-0.15, -0.1) is 0 Å². The molecule has 0 aromatic rings. The van der Waals surface area contributed by atoms with Gasteiger partial charge < -0.3 is 4.74 Å². The zero-order valence-corrected chi connectivity index (χ0v) is 10.1. The van der Waals surface area contributed by atoms with Crippen molar-refractivity contribution in [2.24, 2.45) is 0 Å². The van der Waals surface area contributed by atoms with Crippen molar-refractivity contribution in [2.75, 3.05) is 17.8 Å². The van der Waals surface area contributed by atoms with Gasteiger partial charge in [0.05, 0.1) is 12.2 Å². The van der Waals surface area contributed by atoms with E-state index in [1.165, 1.54) is 4.31 Å². The van der Waals surface area contributed by atoms with Gasteiger partial charge >= 0.3 is 0 Å². The van der Waals surface area contributed by atoms with Crippen LogP contribution in [0.25, 0.3) is 0 Å². The molecule has 0 saturated carbocycles. The van der Waals surface area contributed by atoms with E-state index in [9.17, 15) is 8.42 Å². The Labute approximate surface area is 87.4 Å². The smallest absolute Gasteiger partial charge is 0.224 e. The fourth-order valence-corrected chi connectivity index (χ4v) is 3.31. The van der Waals surface area contributed by atoms with Gasteiger partial charge in [0.15, 0.2) is 0 Å². The minimum absolute atomic E-state index is 0.0144. The molecule has 78 valence electrons. The zero-order valence-electron chi connectivity index (χ0n) is 7.73. The molecule has 0 radical (unpaired) electrons. The second-order valence-corrected chi connectivity index (χ2v) is 6.57. The van der Waals surface area contributed by atoms with Crippen LogP contribution < -0.4 is 0 Å². The molecule has 1 fully saturated rings. The number of alkyl halides is 1. The summed E-state index contributed by atoms with van der Waals surface area (Å²) in [6, 6.07) is 0. The van der Waals surface area contributed by atoms with Crippen LogP contribution in [0.15, 0.2) is 0 Å². The highest BCUT2D eigenvalue weighted by molar-refractivity contribution is 9.10. The third-order valence-corrected chi connectivity index (χ3v) is 5.01. The van der Waals surface area contributed by atoms with Gasteiger partial charge in [0.2, 0.25) is 10.0 Å². The van der Waals surface area contributed by atoms with Crippen molar-refractivity contribution in [3.63, 3.8) is 0 Å². The van der Waals surface area contributed by atoms with Gasteiger partial charge in [-0.05, 0) is 13.8 Å². The quantitative estimate of drug-likeness (QED) is 0.698. The van der Waals surface area contributed by atoms with E-state index in [4.69, 9.17) is 4.74 Å². The third kappa shape index (κ3) is 2.90. The number of ether oxygens (including phenoxy) is 1. The lowest BCUT2D eigenvalue weighted by Crippen LogP contribution is -2.48. The van der Waals surface area contributed by atoms with Gasteiger partial charge in [0.25, 0.3) is 0 Å². The number of hydrogen-bond acceptors (Lipinski definition) is 3. The monoisotopic (exact) mass is 271 g/mol. The molecule has 0 aliphatic carbocycles. The van der Waals surface area contributed by atoms with Crippen molar-refractivity contribution < 1.29 is 13.2 Å². The second kappa shape index (κ2) is 4.25. The Hall–Kier alpha value is 0.350. The molecule has 0 amide bonds. The van der Waals surface area contributed by atoms with Crippen molar-refractivity contribution in [3.05, 3.63) is 0 Å². The van der Waals surface area contributed by atoms with E-state index in [2.05, 4.69) is 15.9 Å². The second-order valence-electron chi connectivity index (χ2n) is 3.30. The zero-order chi connectivity index (χ0) is 10.1. The minimum Gasteiger partial charge on any atom is -0.373 e. The third-order valence-electron chi connectivity index (χ3n) is 1.92. The number of morpholine rings is 1. The highest BCUT2D eigenvalue weighted by Gasteiger charge is 2.29. The predicted octanol–water partition coefficient (Wildman–Crippen LogP) is 0.778. The van der Waals surface area contributed by atoms with Gasteiger partial charge in [-0.25, -0.2) is 8.42 Å². The summed E-state index contributed by atoms with van der Waals surface area (Å²) < 4.78 is 29.8. The van der Waals surface area contributed by atoms with Crippen molar-refractivity contribution in [3.8, 4) is 0 Å². The highest BCUT2D eigenvalue weighted by atomic mass is 79.9. The molecule has 0 aromatic carbocycles. The molecule has 2 unspecified atom stereocenters. The maximum atomic E-state index is 11.5. The summed E-state index contributed by atoms with van der Waals surface area (Å²) >= 11 is 2.98. The molecule has 1 aliphatic heterocycles. The molecule has 0 aromatic heterocycles. The Morgan fingerprint density at radius 2 is 1.85 bits per heavy atom. The molecular weight excluding hydrogens is 258 g/mol. The van der Waals surface area contributed by atoms with Gasteiger partial charge in [-0.2, -0.15) is 4.31 Å². The van der Waals surface area contributed by atoms with Gasteiger partial charge in [-0.3, -0.25) is 0 Å². The molecule has 1 heterocycles. The summed E-state index contributed by atoms with van der Waals surface area (Å²) in [5, 5.41) is 0. The van der Waals surface area contributed by atoms with Crippen LogP contribution in [0, 0.1) is 0 Å². The first-order valence-electron chi connectivity index (χ1n) is 4.15. The maximum Gasteiger partial charge on any atom is 0.224 e. The number of halogens is 1. The molecule has 13 heavy (non-hydrogen) atoms. The van der Waals surface area contributed by atoms with Crippen LogP contribution in [0.1, 0.15) is 13.8 Å². The van der Waals surface area contributed by atoms with Crippen LogP contribution in [0.4, 0.5) is 0 Å². The standard InChI is InChI=1S/C7H14BrNO3S/c1-6-3-9(4-7(2)12-6)13(10,11)5-8/h6-7H,3-5H2,1-2H3. The van der Waals surface area contributed by atoms with E-state index >= 15 is 0 Å². The molecule has 1 rings (SSSR count). The number of rotatable bonds is 2. The highest BCUT2D eigenvalue weighted by Crippen LogP contribution is 2.15. The van der Waals surface area contributed by atoms with E-state index in [0.29, 0.717) is 13.1 Å². The lowest BCUT2D eigenvalue weighted by atomic mass is 10.3. The van der Waals surface area contributed by atoms with Crippen molar-refractivity contribution in [1.82, 2.24) is 4.31 Å². The Bertz CT molecular complexity index is 257. The van der Waals surface area contributed by atoms with E-state index < -0.39 is 10.0 Å². The first-order chi connectivity index (χ1) is 5.95. The van der Waals surface area contributed by atoms with Crippen molar-refractivity contribution in [2.45, 2.75) is 26.1 Å². The van der Waals surface area contributed by atoms with Crippen LogP contribution >= 0.6 is 15.9 Å². The van der Waals surface area contributed by atoms with E-state index in [0.717, 1.165) is 0 Å². The molecule has 6 heteroatoms. The average Bonchev–Trinajstić information content (AvgIpc) is 2.02. The Morgan fingerprint density at radius 1 is 1.38 bits per heavy atom. The molecule has 0 bridgehead atoms. The molecule has 2 atom stereocenters. The Balaban J connectivity index is 2.71. The fourth-order valence-electron chi connectivity index (χ4n) is 1.43. The molecule has 0 N–H and O–H groups in total. The fraction of sp³-hybridized carbons (Fsp3) is 1.00. The van der Waals surface area contributed by atoms with E-state index in [1.54, 1.807) is 0 Å². The van der Waals surface area contributed by atoms with E-state index in [1.807, 2.05) is 13.8 Å². The van der Waals surface area contributed by atoms with Crippen LogP contribution in [-0.2, 0) is 14.8 Å². The molecular formula is C7H14BrNO3S. The summed E-state index contributed by atoms with van der Waals surface area (Å²) in [7, 11) is -3.12. The van der Waals surface area contributed by atoms with Crippen molar-refractivity contribution >= 4 is 26.0 Å². The van der Waals surface area contributed by atoms with Crippen molar-refractivity contribution in [1.29, 1.82) is 0 Å². The van der Waals surface area contributed by atoms with Crippen LogP contribution in [0.2, 0.25) is 0 Å². The summed E-state index contributed by atoms with van der Waals surface area (Å²) in [6.07, 6.45) is -0.0323. The SMILES string of the molecule is CC1CN(S(=O)(=O)CBr)CC(C)O1. The summed E-state index contributed by atoms with van der Waals surface area (Å²) in [5.41, 5.74) is 0. The van der Waals surface area contributed by atoms with Gasteiger partial charge in [0.1, 0.15) is 4.66 Å². The first-order valence-corrected chi connectivity index (χ1v) is 6.88. The first kappa shape index (κ1) is 11.4. The predicted molar refractivity (Wildman–Crippen MR) is 54.3 cm³/mol. The average molecular weight is 272 g/mol. The molecule has 1 aliphatic rings.